The molecule has 0 radical (unpaired) electrons. The van der Waals surface area contributed by atoms with E-state index in [-0.39, 0.29) is 22.7 Å². The zero-order valence-corrected chi connectivity index (χ0v) is 58.0. The second kappa shape index (κ2) is 32.3. The Kier molecular flexibility index (Phi) is 24.0. The summed E-state index contributed by atoms with van der Waals surface area (Å²) in [5.41, 5.74) is 39.3. The Labute approximate surface area is 584 Å². The van der Waals surface area contributed by atoms with Gasteiger partial charge in [-0.1, -0.05) is 89.5 Å². The van der Waals surface area contributed by atoms with Crippen molar-refractivity contribution in [1.29, 1.82) is 0 Å². The first-order valence-corrected chi connectivity index (χ1v) is 33.2. The van der Waals surface area contributed by atoms with Crippen molar-refractivity contribution < 1.29 is 35.8 Å². The van der Waals surface area contributed by atoms with E-state index in [1.165, 1.54) is 50.7 Å². The summed E-state index contributed by atoms with van der Waals surface area (Å²) in [6, 6.07) is 42.8. The number of methoxy groups -OCH3 is 2. The third-order valence-electron chi connectivity index (χ3n) is 15.9. The zero-order valence-electron chi connectivity index (χ0n) is 57.3. The third-order valence-corrected chi connectivity index (χ3v) is 16.1. The molecule has 0 amide bonds. The standard InChI is InChI=1S/C16H18F3N3.C16H21N3O.C15H14F3N3.C15H17N3O.C14H14ClN3/c1-15(2,3)9-12-8-13(22-14(20)21-12)10-5-4-6-11(7-10)16(17,18)19;1-16(2,3)10-12-9-14(19-15(17)18-12)11-5-7-13(20-4)8-6-11;16-15(17,18)11-3-1-2-10(7-11)13-8-12(6-9-4-5-9)20-14(19)21-13;1-19-13-6-4-11(5-7-13)14-9-12(8-10-2-3-10)17-15(16)18-14;15-11-3-1-2-10(7-11)13-8-12(6-9-4-5-9)17-14(16)18-13/h4-8H,9H2,1-3H3,(H2,20,21,22);5-9H,10H2,1-4H3,(H2,17,18,19);1-3,7-9H,4-6H2,(H2,19,20,21);4-7,9-10H,2-3,8H2,1H3,(H2,16,17,18);1-3,7-9H,4-6H2,(H2,16,17,18). The maximum atomic E-state index is 12.8. The summed E-state index contributed by atoms with van der Waals surface area (Å²) in [4.78, 5) is 42.3. The van der Waals surface area contributed by atoms with Crippen LogP contribution in [0, 0.1) is 28.6 Å². The van der Waals surface area contributed by atoms with E-state index in [2.05, 4.69) is 91.4 Å². The van der Waals surface area contributed by atoms with E-state index in [9.17, 15) is 26.3 Å². The number of nitrogens with two attached hydrogens (primary N) is 5. The molecule has 3 aliphatic carbocycles. The van der Waals surface area contributed by atoms with Crippen LogP contribution in [0.1, 0.15) is 120 Å². The van der Waals surface area contributed by atoms with Crippen molar-refractivity contribution in [3.63, 3.8) is 0 Å². The maximum Gasteiger partial charge on any atom is 0.416 e. The van der Waals surface area contributed by atoms with Gasteiger partial charge in [0.25, 0.3) is 0 Å². The Bertz CT molecular complexity index is 4380. The minimum Gasteiger partial charge on any atom is -0.497 e. The molecule has 3 saturated carbocycles. The van der Waals surface area contributed by atoms with Gasteiger partial charge >= 0.3 is 12.4 Å². The number of aromatic nitrogens is 10. The first kappa shape index (κ1) is 74.2. The molecule has 0 unspecified atom stereocenters. The molecule has 3 fully saturated rings. The second-order valence-corrected chi connectivity index (χ2v) is 28.0. The van der Waals surface area contributed by atoms with Crippen LogP contribution in [0.4, 0.5) is 56.1 Å². The number of benzene rings is 5. The Morgan fingerprint density at radius 3 is 0.890 bits per heavy atom. The molecule has 524 valence electrons. The highest BCUT2D eigenvalue weighted by atomic mass is 35.5. The highest BCUT2D eigenvalue weighted by Crippen LogP contribution is 2.38. The number of alkyl halides is 6. The summed E-state index contributed by atoms with van der Waals surface area (Å²) in [6.07, 6.45) is 3.14. The van der Waals surface area contributed by atoms with Gasteiger partial charge in [0.2, 0.25) is 29.7 Å². The topological polar surface area (TPSA) is 277 Å². The molecule has 0 bridgehead atoms. The number of rotatable bonds is 15. The Balaban J connectivity index is 0.000000146. The van der Waals surface area contributed by atoms with E-state index in [0.29, 0.717) is 63.4 Å². The van der Waals surface area contributed by atoms with Crippen molar-refractivity contribution in [1.82, 2.24) is 49.8 Å². The quantitative estimate of drug-likeness (QED) is 0.0597. The SMILES string of the molecule is CC(C)(C)Cc1cc(-c2cccc(C(F)(F)F)c2)nc(N)n1.COc1ccc(-c2cc(CC(C)(C)C)nc(N)n2)cc1.COc1ccc(-c2cc(CC3CC3)nc(N)n2)cc1.Nc1nc(CC2CC2)cc(-c2cccc(C(F)(F)F)c2)n1.Nc1nc(CC2CC2)cc(-c2cccc(Cl)c2)n1. The monoisotopic (exact) mass is 1390 g/mol. The summed E-state index contributed by atoms with van der Waals surface area (Å²) in [6.45, 7) is 12.7. The smallest absolute Gasteiger partial charge is 0.416 e. The highest BCUT2D eigenvalue weighted by Gasteiger charge is 2.32. The van der Waals surface area contributed by atoms with E-state index < -0.39 is 23.5 Å². The van der Waals surface area contributed by atoms with Crippen molar-refractivity contribution in [2.24, 2.45) is 28.6 Å². The molecule has 10 aromatic rings. The molecule has 13 rings (SSSR count). The molecule has 0 spiro atoms. The van der Waals surface area contributed by atoms with Gasteiger partial charge in [-0.25, -0.2) is 49.8 Å². The lowest BCUT2D eigenvalue weighted by atomic mass is 9.90. The van der Waals surface area contributed by atoms with Gasteiger partial charge in [-0.3, -0.25) is 0 Å². The molecule has 10 N–H and O–H groups in total. The molecule has 100 heavy (non-hydrogen) atoms. The largest absolute Gasteiger partial charge is 0.497 e. The van der Waals surface area contributed by atoms with Crippen LogP contribution in [0.2, 0.25) is 5.02 Å². The number of anilines is 5. The summed E-state index contributed by atoms with van der Waals surface area (Å²) in [7, 11) is 3.31. The molecule has 0 atom stereocenters. The normalized spacial score (nSPS) is 13.6. The van der Waals surface area contributed by atoms with Crippen molar-refractivity contribution in [2.45, 2.75) is 125 Å². The van der Waals surface area contributed by atoms with Crippen LogP contribution in [-0.4, -0.2) is 64.1 Å². The predicted molar refractivity (Wildman–Crippen MR) is 383 cm³/mol. The van der Waals surface area contributed by atoms with Crippen molar-refractivity contribution in [2.75, 3.05) is 42.9 Å². The van der Waals surface area contributed by atoms with E-state index in [4.69, 9.17) is 49.7 Å². The van der Waals surface area contributed by atoms with Gasteiger partial charge in [0.05, 0.1) is 53.8 Å². The predicted octanol–water partition coefficient (Wildman–Crippen LogP) is 17.4. The van der Waals surface area contributed by atoms with Crippen LogP contribution >= 0.6 is 11.6 Å². The second-order valence-electron chi connectivity index (χ2n) is 27.6. The summed E-state index contributed by atoms with van der Waals surface area (Å²) >= 11 is 5.99. The average molecular weight is 1390 g/mol. The lowest BCUT2D eigenvalue weighted by Gasteiger charge is -2.18. The Hall–Kier alpha value is -10.0. The Morgan fingerprint density at radius 1 is 0.350 bits per heavy atom. The molecule has 5 aromatic heterocycles. The van der Waals surface area contributed by atoms with Gasteiger partial charge in [-0.2, -0.15) is 26.3 Å². The lowest BCUT2D eigenvalue weighted by Crippen LogP contribution is -2.12. The Morgan fingerprint density at radius 2 is 0.620 bits per heavy atom. The number of nitrogen functional groups attached to an aromatic ring is 5. The van der Waals surface area contributed by atoms with Crippen molar-refractivity contribution in [3.8, 4) is 67.8 Å². The van der Waals surface area contributed by atoms with Gasteiger partial charge in [0, 0.05) is 61.3 Å². The molecule has 0 saturated heterocycles. The van der Waals surface area contributed by atoms with Crippen LogP contribution in [0.25, 0.3) is 56.3 Å². The number of halogens is 7. The first-order chi connectivity index (χ1) is 47.3. The minimum atomic E-state index is -4.39. The van der Waals surface area contributed by atoms with Gasteiger partial charge in [-0.05, 0) is 214 Å². The molecular formula is C76H84ClF6N15O2. The first-order valence-electron chi connectivity index (χ1n) is 32.9. The molecule has 5 aromatic carbocycles. The fourth-order valence-electron chi connectivity index (χ4n) is 10.6. The third kappa shape index (κ3) is 23.9. The van der Waals surface area contributed by atoms with E-state index in [0.717, 1.165) is 130 Å². The minimum absolute atomic E-state index is 0.00805. The van der Waals surface area contributed by atoms with E-state index >= 15 is 0 Å². The zero-order chi connectivity index (χ0) is 72.1. The molecular weight excluding hydrogens is 1300 g/mol. The summed E-state index contributed by atoms with van der Waals surface area (Å²) in [5.74, 6) is 5.02. The number of hydrogen-bond donors (Lipinski definition) is 5. The van der Waals surface area contributed by atoms with Crippen LogP contribution in [0.15, 0.2) is 152 Å². The van der Waals surface area contributed by atoms with Crippen LogP contribution in [0.5, 0.6) is 11.5 Å². The van der Waals surface area contributed by atoms with Crippen LogP contribution in [0.3, 0.4) is 0 Å². The number of hydrogen-bond acceptors (Lipinski definition) is 17. The number of ether oxygens (including phenoxy) is 2. The average Bonchev–Trinajstić information content (AvgIpc) is 0.862. The highest BCUT2D eigenvalue weighted by molar-refractivity contribution is 6.30. The van der Waals surface area contributed by atoms with Crippen LogP contribution in [-0.2, 0) is 44.5 Å². The fraction of sp³-hybridized carbons (Fsp3) is 0.342. The fourth-order valence-corrected chi connectivity index (χ4v) is 10.8. The van der Waals surface area contributed by atoms with E-state index in [1.807, 2.05) is 91.0 Å². The van der Waals surface area contributed by atoms with Gasteiger partial charge in [0.15, 0.2) is 0 Å². The molecule has 5 heterocycles. The molecule has 0 aliphatic heterocycles. The van der Waals surface area contributed by atoms with Gasteiger partial charge in [-0.15, -0.1) is 0 Å². The summed E-state index contributed by atoms with van der Waals surface area (Å²) < 4.78 is 87.0. The van der Waals surface area contributed by atoms with Gasteiger partial charge in [0.1, 0.15) is 11.5 Å². The molecule has 17 nitrogen and oxygen atoms in total. The maximum absolute atomic E-state index is 12.8. The van der Waals surface area contributed by atoms with Crippen molar-refractivity contribution in [3.05, 3.63) is 196 Å². The molecule has 3 aliphatic rings. The molecule has 24 heteroatoms. The number of nitrogens with zero attached hydrogens (tertiary/aromatic N) is 10. The lowest BCUT2D eigenvalue weighted by molar-refractivity contribution is -0.138. The van der Waals surface area contributed by atoms with E-state index in [1.54, 1.807) is 38.5 Å². The van der Waals surface area contributed by atoms with Crippen molar-refractivity contribution >= 4 is 41.3 Å². The summed E-state index contributed by atoms with van der Waals surface area (Å²) in [5, 5.41) is 0.702. The van der Waals surface area contributed by atoms with Crippen LogP contribution < -0.4 is 38.1 Å². The van der Waals surface area contributed by atoms with Gasteiger partial charge < -0.3 is 38.1 Å².